The standard InChI is InChI=1S/C18H20Cl2N4O/c1-23-9-17(22-10-23)18(25)24(8-16-14-5-21-6-15(14)16)7-11-2-12(19)4-13(20)3-11/h2-4,9-10,14-16,21H,5-8H2,1H3. The second-order valence-electron chi connectivity index (χ2n) is 7.04. The lowest BCUT2D eigenvalue weighted by atomic mass is 10.1. The Kier molecular flexibility index (Phi) is 4.48. The number of piperidine rings is 1. The van der Waals surface area contributed by atoms with Crippen molar-refractivity contribution in [1.29, 1.82) is 0 Å². The largest absolute Gasteiger partial charge is 0.340 e. The van der Waals surface area contributed by atoms with Gasteiger partial charge in [0.25, 0.3) is 5.91 Å². The van der Waals surface area contributed by atoms with Gasteiger partial charge in [0.05, 0.1) is 6.33 Å². The molecule has 2 fully saturated rings. The van der Waals surface area contributed by atoms with E-state index in [9.17, 15) is 4.79 Å². The highest BCUT2D eigenvalue weighted by molar-refractivity contribution is 6.34. The minimum atomic E-state index is -0.0466. The van der Waals surface area contributed by atoms with Crippen molar-refractivity contribution in [3.8, 4) is 0 Å². The molecule has 0 bridgehead atoms. The summed E-state index contributed by atoms with van der Waals surface area (Å²) in [5, 5.41) is 4.57. The monoisotopic (exact) mass is 378 g/mol. The van der Waals surface area contributed by atoms with Crippen molar-refractivity contribution in [1.82, 2.24) is 19.8 Å². The predicted octanol–water partition coefficient (Wildman–Crippen LogP) is 2.83. The van der Waals surface area contributed by atoms with Gasteiger partial charge in [-0.15, -0.1) is 0 Å². The molecule has 1 N–H and O–H groups in total. The maximum Gasteiger partial charge on any atom is 0.274 e. The van der Waals surface area contributed by atoms with Gasteiger partial charge in [0.15, 0.2) is 0 Å². The van der Waals surface area contributed by atoms with Crippen molar-refractivity contribution in [3.63, 3.8) is 0 Å². The van der Waals surface area contributed by atoms with E-state index < -0.39 is 0 Å². The normalized spacial score (nSPS) is 24.2. The Hall–Kier alpha value is -1.56. The first-order chi connectivity index (χ1) is 12.0. The molecule has 4 rings (SSSR count). The number of carbonyl (C=O) groups excluding carboxylic acids is 1. The Bertz CT molecular complexity index is 776. The van der Waals surface area contributed by atoms with E-state index in [4.69, 9.17) is 23.2 Å². The third-order valence-electron chi connectivity index (χ3n) is 5.21. The van der Waals surface area contributed by atoms with Crippen LogP contribution in [0.15, 0.2) is 30.7 Å². The van der Waals surface area contributed by atoms with Gasteiger partial charge in [0.1, 0.15) is 5.69 Å². The lowest BCUT2D eigenvalue weighted by Gasteiger charge is -2.23. The van der Waals surface area contributed by atoms with Crippen LogP contribution in [0.2, 0.25) is 10.0 Å². The number of nitrogens with one attached hydrogen (secondary N) is 1. The van der Waals surface area contributed by atoms with Crippen LogP contribution < -0.4 is 5.32 Å². The SMILES string of the molecule is Cn1cnc(C(=O)N(Cc2cc(Cl)cc(Cl)c2)CC2C3CNCC32)c1. The van der Waals surface area contributed by atoms with Crippen LogP contribution in [-0.2, 0) is 13.6 Å². The molecule has 1 amide bonds. The summed E-state index contributed by atoms with van der Waals surface area (Å²) >= 11 is 12.2. The van der Waals surface area contributed by atoms with E-state index >= 15 is 0 Å². The average Bonchev–Trinajstić information content (AvgIpc) is 2.95. The van der Waals surface area contributed by atoms with Gasteiger partial charge in [-0.05, 0) is 54.6 Å². The highest BCUT2D eigenvalue weighted by Gasteiger charge is 2.53. The molecule has 0 spiro atoms. The number of carbonyl (C=O) groups is 1. The number of hydrogen-bond donors (Lipinski definition) is 1. The number of amides is 1. The summed E-state index contributed by atoms with van der Waals surface area (Å²) in [6, 6.07) is 5.43. The Morgan fingerprint density at radius 2 is 1.96 bits per heavy atom. The molecule has 5 nitrogen and oxygen atoms in total. The molecule has 2 aromatic rings. The maximum atomic E-state index is 13.0. The van der Waals surface area contributed by atoms with Crippen LogP contribution in [0.1, 0.15) is 16.1 Å². The van der Waals surface area contributed by atoms with E-state index in [-0.39, 0.29) is 5.91 Å². The first-order valence-corrected chi connectivity index (χ1v) is 9.20. The van der Waals surface area contributed by atoms with Crippen LogP contribution in [0.4, 0.5) is 0 Å². The highest BCUT2D eigenvalue weighted by atomic mass is 35.5. The lowest BCUT2D eigenvalue weighted by molar-refractivity contribution is 0.0723. The minimum Gasteiger partial charge on any atom is -0.340 e. The number of imidazole rings is 1. The summed E-state index contributed by atoms with van der Waals surface area (Å²) < 4.78 is 1.79. The van der Waals surface area contributed by atoms with Crippen LogP contribution in [0.3, 0.4) is 0 Å². The van der Waals surface area contributed by atoms with Gasteiger partial charge in [-0.3, -0.25) is 4.79 Å². The fraction of sp³-hybridized carbons (Fsp3) is 0.444. The summed E-state index contributed by atoms with van der Waals surface area (Å²) in [6.07, 6.45) is 3.41. The molecule has 1 aliphatic carbocycles. The number of rotatable bonds is 5. The van der Waals surface area contributed by atoms with Crippen molar-refractivity contribution in [2.24, 2.45) is 24.8 Å². The van der Waals surface area contributed by atoms with Crippen LogP contribution in [0.25, 0.3) is 0 Å². The molecule has 0 radical (unpaired) electrons. The second kappa shape index (κ2) is 6.63. The number of benzene rings is 1. The average molecular weight is 379 g/mol. The molecule has 7 heteroatoms. The van der Waals surface area contributed by atoms with Crippen molar-refractivity contribution in [2.45, 2.75) is 6.54 Å². The zero-order chi connectivity index (χ0) is 17.6. The van der Waals surface area contributed by atoms with Gasteiger partial charge in [-0.25, -0.2) is 4.98 Å². The molecule has 25 heavy (non-hydrogen) atoms. The smallest absolute Gasteiger partial charge is 0.274 e. The molecule has 2 atom stereocenters. The Balaban J connectivity index is 1.55. The summed E-state index contributed by atoms with van der Waals surface area (Å²) in [5.41, 5.74) is 1.41. The molecule has 1 aromatic carbocycles. The van der Waals surface area contributed by atoms with E-state index in [2.05, 4.69) is 10.3 Å². The summed E-state index contributed by atoms with van der Waals surface area (Å²) in [4.78, 5) is 19.1. The van der Waals surface area contributed by atoms with Gasteiger partial charge >= 0.3 is 0 Å². The van der Waals surface area contributed by atoms with Crippen LogP contribution in [0.5, 0.6) is 0 Å². The van der Waals surface area contributed by atoms with Gasteiger partial charge in [0.2, 0.25) is 0 Å². The number of fused-ring (bicyclic) bond motifs is 1. The fourth-order valence-corrected chi connectivity index (χ4v) is 4.47. The predicted molar refractivity (Wildman–Crippen MR) is 97.8 cm³/mol. The van der Waals surface area contributed by atoms with Gasteiger partial charge in [-0.1, -0.05) is 23.2 Å². The third kappa shape index (κ3) is 3.54. The maximum absolute atomic E-state index is 13.0. The van der Waals surface area contributed by atoms with Crippen molar-refractivity contribution in [3.05, 3.63) is 52.0 Å². The highest BCUT2D eigenvalue weighted by Crippen LogP contribution is 2.49. The van der Waals surface area contributed by atoms with Crippen LogP contribution in [0, 0.1) is 17.8 Å². The van der Waals surface area contributed by atoms with Crippen molar-refractivity contribution >= 4 is 29.1 Å². The summed E-state index contributed by atoms with van der Waals surface area (Å²) in [5.74, 6) is 1.92. The first kappa shape index (κ1) is 16.9. The number of hydrogen-bond acceptors (Lipinski definition) is 3. The molecule has 2 heterocycles. The molecule has 1 aliphatic heterocycles. The summed E-state index contributed by atoms with van der Waals surface area (Å²) in [6.45, 7) is 3.35. The lowest BCUT2D eigenvalue weighted by Crippen LogP contribution is -2.34. The van der Waals surface area contributed by atoms with Crippen LogP contribution >= 0.6 is 23.2 Å². The molecular weight excluding hydrogens is 359 g/mol. The van der Waals surface area contributed by atoms with Crippen LogP contribution in [-0.4, -0.2) is 40.0 Å². The topological polar surface area (TPSA) is 50.2 Å². The van der Waals surface area contributed by atoms with E-state index in [0.29, 0.717) is 40.0 Å². The quantitative estimate of drug-likeness (QED) is 0.869. The fourth-order valence-electron chi connectivity index (χ4n) is 3.90. The molecule has 2 unspecified atom stereocenters. The van der Waals surface area contributed by atoms with Crippen molar-refractivity contribution in [2.75, 3.05) is 19.6 Å². The third-order valence-corrected chi connectivity index (χ3v) is 5.64. The molecule has 132 valence electrons. The van der Waals surface area contributed by atoms with E-state index in [1.54, 1.807) is 23.2 Å². The second-order valence-corrected chi connectivity index (χ2v) is 7.91. The minimum absolute atomic E-state index is 0.0466. The van der Waals surface area contributed by atoms with E-state index in [1.165, 1.54) is 0 Å². The Morgan fingerprint density at radius 1 is 1.28 bits per heavy atom. The van der Waals surface area contributed by atoms with E-state index in [1.807, 2.05) is 24.1 Å². The molecule has 2 aliphatic rings. The Morgan fingerprint density at radius 3 is 2.56 bits per heavy atom. The molecule has 1 saturated carbocycles. The molecular formula is C18H20Cl2N4O. The molecule has 1 saturated heterocycles. The van der Waals surface area contributed by atoms with Gasteiger partial charge < -0.3 is 14.8 Å². The number of aromatic nitrogens is 2. The number of halogens is 2. The first-order valence-electron chi connectivity index (χ1n) is 8.44. The van der Waals surface area contributed by atoms with E-state index in [0.717, 1.165) is 25.2 Å². The van der Waals surface area contributed by atoms with Gasteiger partial charge in [0, 0.05) is 36.4 Å². The Labute approximate surface area is 156 Å². The zero-order valence-electron chi connectivity index (χ0n) is 14.0. The zero-order valence-corrected chi connectivity index (χ0v) is 15.5. The van der Waals surface area contributed by atoms with Gasteiger partial charge in [-0.2, -0.15) is 0 Å². The summed E-state index contributed by atoms with van der Waals surface area (Å²) in [7, 11) is 1.86. The van der Waals surface area contributed by atoms with Crippen molar-refractivity contribution < 1.29 is 4.79 Å². The number of nitrogens with zero attached hydrogens (tertiary/aromatic N) is 3. The molecule has 1 aromatic heterocycles. The number of aryl methyl sites for hydroxylation is 1.